The average Bonchev–Trinajstić information content (AvgIpc) is 2.50. The van der Waals surface area contributed by atoms with Crippen LogP contribution in [0.4, 0.5) is 8.78 Å². The van der Waals surface area contributed by atoms with E-state index in [2.05, 4.69) is 5.32 Å². The number of ether oxygens (including phenoxy) is 1. The fourth-order valence-corrected chi connectivity index (χ4v) is 2.96. The van der Waals surface area contributed by atoms with E-state index in [1.807, 2.05) is 6.92 Å². The van der Waals surface area contributed by atoms with E-state index in [0.717, 1.165) is 18.6 Å². The molecule has 0 saturated carbocycles. The van der Waals surface area contributed by atoms with E-state index in [0.29, 0.717) is 17.4 Å². The summed E-state index contributed by atoms with van der Waals surface area (Å²) in [7, 11) is 1.26. The van der Waals surface area contributed by atoms with Gasteiger partial charge in [0, 0.05) is 23.9 Å². The Balaban J connectivity index is 2.57. The highest BCUT2D eigenvalue weighted by molar-refractivity contribution is 7.80. The standard InChI is InChI=1S/C16H18F2N2O2S/c1-4-7-20-9(2)13(15(21)22-3)14(19-16(20)23)11-6-5-10(17)8-12(11)18/h5-6,8,14H,4,7H2,1-3H3,(H,19,23)/t14-/m0/s1. The second kappa shape index (κ2) is 7.04. The molecule has 1 aliphatic rings. The van der Waals surface area contributed by atoms with Crippen LogP contribution in [0.5, 0.6) is 0 Å². The van der Waals surface area contributed by atoms with Crippen LogP contribution in [0, 0.1) is 11.6 Å². The maximum absolute atomic E-state index is 14.2. The second-order valence-electron chi connectivity index (χ2n) is 5.19. The van der Waals surface area contributed by atoms with Crippen LogP contribution in [0.2, 0.25) is 0 Å². The molecule has 1 aromatic carbocycles. The maximum Gasteiger partial charge on any atom is 0.337 e. The molecule has 1 aromatic rings. The highest BCUT2D eigenvalue weighted by Gasteiger charge is 2.35. The molecule has 0 bridgehead atoms. The first-order chi connectivity index (χ1) is 10.9. The minimum atomic E-state index is -0.816. The summed E-state index contributed by atoms with van der Waals surface area (Å²) < 4.78 is 32.2. The van der Waals surface area contributed by atoms with Gasteiger partial charge < -0.3 is 15.0 Å². The second-order valence-corrected chi connectivity index (χ2v) is 5.58. The number of rotatable bonds is 4. The van der Waals surface area contributed by atoms with Crippen LogP contribution < -0.4 is 5.32 Å². The van der Waals surface area contributed by atoms with Crippen molar-refractivity contribution in [2.24, 2.45) is 0 Å². The summed E-state index contributed by atoms with van der Waals surface area (Å²) in [5, 5.41) is 3.35. The van der Waals surface area contributed by atoms with Crippen LogP contribution in [0.25, 0.3) is 0 Å². The lowest BCUT2D eigenvalue weighted by atomic mass is 9.94. The number of carbonyl (C=O) groups is 1. The van der Waals surface area contributed by atoms with Gasteiger partial charge >= 0.3 is 5.97 Å². The first-order valence-corrected chi connectivity index (χ1v) is 7.63. The molecule has 4 nitrogen and oxygen atoms in total. The van der Waals surface area contributed by atoms with Crippen molar-refractivity contribution in [3.63, 3.8) is 0 Å². The molecule has 0 spiro atoms. The van der Waals surface area contributed by atoms with Crippen molar-refractivity contribution in [1.29, 1.82) is 0 Å². The number of carbonyl (C=O) groups excluding carboxylic acids is 1. The highest BCUT2D eigenvalue weighted by Crippen LogP contribution is 2.32. The first-order valence-electron chi connectivity index (χ1n) is 7.22. The summed E-state index contributed by atoms with van der Waals surface area (Å²) in [4.78, 5) is 14.0. The third-order valence-corrected chi connectivity index (χ3v) is 4.06. The Morgan fingerprint density at radius 2 is 2.13 bits per heavy atom. The van der Waals surface area contributed by atoms with Gasteiger partial charge in [0.25, 0.3) is 0 Å². The van der Waals surface area contributed by atoms with Gasteiger partial charge in [0.15, 0.2) is 5.11 Å². The molecule has 0 fully saturated rings. The normalized spacial score (nSPS) is 18.0. The largest absolute Gasteiger partial charge is 0.466 e. The number of halogens is 2. The topological polar surface area (TPSA) is 41.6 Å². The summed E-state index contributed by atoms with van der Waals surface area (Å²) in [5.74, 6) is -2.01. The number of allylic oxidation sites excluding steroid dienone is 1. The van der Waals surface area contributed by atoms with Crippen molar-refractivity contribution in [3.05, 3.63) is 46.7 Å². The van der Waals surface area contributed by atoms with E-state index in [1.165, 1.54) is 13.2 Å². The van der Waals surface area contributed by atoms with Gasteiger partial charge in [0.1, 0.15) is 11.6 Å². The van der Waals surface area contributed by atoms with Crippen molar-refractivity contribution >= 4 is 23.3 Å². The van der Waals surface area contributed by atoms with Gasteiger partial charge in [-0.15, -0.1) is 0 Å². The van der Waals surface area contributed by atoms with Gasteiger partial charge in [0.05, 0.1) is 18.7 Å². The van der Waals surface area contributed by atoms with E-state index in [1.54, 1.807) is 11.8 Å². The quantitative estimate of drug-likeness (QED) is 0.674. The number of hydrogen-bond acceptors (Lipinski definition) is 3. The van der Waals surface area contributed by atoms with Gasteiger partial charge in [-0.25, -0.2) is 13.6 Å². The number of methoxy groups -OCH3 is 1. The molecule has 1 N–H and O–H groups in total. The molecule has 0 saturated heterocycles. The summed E-state index contributed by atoms with van der Waals surface area (Å²) >= 11 is 5.32. The Kier molecular flexibility index (Phi) is 5.30. The molecule has 1 heterocycles. The van der Waals surface area contributed by atoms with Crippen LogP contribution in [0.1, 0.15) is 31.9 Å². The fourth-order valence-electron chi connectivity index (χ4n) is 2.62. The summed E-state index contributed by atoms with van der Waals surface area (Å²) in [6.07, 6.45) is 0.823. The van der Waals surface area contributed by atoms with Gasteiger partial charge in [-0.2, -0.15) is 0 Å². The van der Waals surface area contributed by atoms with Crippen LogP contribution in [-0.4, -0.2) is 29.6 Å². The molecule has 7 heteroatoms. The summed E-state index contributed by atoms with van der Waals surface area (Å²) in [6.45, 7) is 4.35. The first kappa shape index (κ1) is 17.3. The van der Waals surface area contributed by atoms with Crippen molar-refractivity contribution in [2.45, 2.75) is 26.3 Å². The fraction of sp³-hybridized carbons (Fsp3) is 0.375. The number of nitrogens with zero attached hydrogens (tertiary/aromatic N) is 1. The molecule has 0 aliphatic carbocycles. The maximum atomic E-state index is 14.2. The molecular weight excluding hydrogens is 322 g/mol. The third kappa shape index (κ3) is 3.34. The molecule has 2 rings (SSSR count). The molecule has 0 aromatic heterocycles. The number of hydrogen-bond donors (Lipinski definition) is 1. The molecule has 0 radical (unpaired) electrons. The predicted molar refractivity (Wildman–Crippen MR) is 86.5 cm³/mol. The average molecular weight is 340 g/mol. The zero-order valence-electron chi connectivity index (χ0n) is 13.2. The van der Waals surface area contributed by atoms with E-state index >= 15 is 0 Å². The number of thiocarbonyl (C=S) groups is 1. The van der Waals surface area contributed by atoms with Crippen LogP contribution in [0.3, 0.4) is 0 Å². The van der Waals surface area contributed by atoms with E-state index in [9.17, 15) is 13.6 Å². The monoisotopic (exact) mass is 340 g/mol. The molecule has 23 heavy (non-hydrogen) atoms. The smallest absolute Gasteiger partial charge is 0.337 e. The Bertz CT molecular complexity index is 676. The Morgan fingerprint density at radius 3 is 2.70 bits per heavy atom. The Morgan fingerprint density at radius 1 is 1.43 bits per heavy atom. The lowest BCUT2D eigenvalue weighted by Gasteiger charge is -2.37. The molecule has 1 atom stereocenters. The lowest BCUT2D eigenvalue weighted by Crippen LogP contribution is -2.48. The minimum absolute atomic E-state index is 0.143. The number of esters is 1. The van der Waals surface area contributed by atoms with E-state index < -0.39 is 23.6 Å². The van der Waals surface area contributed by atoms with Crippen LogP contribution in [0.15, 0.2) is 29.5 Å². The van der Waals surface area contributed by atoms with Gasteiger partial charge in [-0.1, -0.05) is 13.0 Å². The minimum Gasteiger partial charge on any atom is -0.466 e. The van der Waals surface area contributed by atoms with Crippen molar-refractivity contribution in [1.82, 2.24) is 10.2 Å². The summed E-state index contributed by atoms with van der Waals surface area (Å²) in [6, 6.07) is 2.41. The molecule has 0 unspecified atom stereocenters. The third-order valence-electron chi connectivity index (χ3n) is 3.72. The Hall–Kier alpha value is -2.02. The van der Waals surface area contributed by atoms with E-state index in [4.69, 9.17) is 17.0 Å². The molecule has 1 aliphatic heterocycles. The van der Waals surface area contributed by atoms with Gasteiger partial charge in [0.2, 0.25) is 0 Å². The molecule has 0 amide bonds. The van der Waals surface area contributed by atoms with E-state index in [-0.39, 0.29) is 11.1 Å². The Labute approximate surface area is 139 Å². The molecular formula is C16H18F2N2O2S. The highest BCUT2D eigenvalue weighted by atomic mass is 32.1. The SMILES string of the molecule is CCCN1C(=S)N[C@@H](c2ccc(F)cc2F)C(C(=O)OC)=C1C. The number of nitrogens with one attached hydrogen (secondary N) is 1. The van der Waals surface area contributed by atoms with Crippen LogP contribution >= 0.6 is 12.2 Å². The van der Waals surface area contributed by atoms with Crippen molar-refractivity contribution in [3.8, 4) is 0 Å². The zero-order valence-corrected chi connectivity index (χ0v) is 14.0. The van der Waals surface area contributed by atoms with Crippen molar-refractivity contribution in [2.75, 3.05) is 13.7 Å². The summed E-state index contributed by atoms with van der Waals surface area (Å²) in [5.41, 5.74) is 1.01. The van der Waals surface area contributed by atoms with Gasteiger partial charge in [-0.05, 0) is 31.6 Å². The van der Waals surface area contributed by atoms with Gasteiger partial charge in [-0.3, -0.25) is 0 Å². The zero-order chi connectivity index (χ0) is 17.1. The predicted octanol–water partition coefficient (Wildman–Crippen LogP) is 3.05. The van der Waals surface area contributed by atoms with Crippen LogP contribution in [-0.2, 0) is 9.53 Å². The molecule has 124 valence electrons. The number of benzene rings is 1. The lowest BCUT2D eigenvalue weighted by molar-refractivity contribution is -0.136. The van der Waals surface area contributed by atoms with Crippen molar-refractivity contribution < 1.29 is 18.3 Å².